The van der Waals surface area contributed by atoms with Crippen molar-refractivity contribution in [2.75, 3.05) is 47.9 Å². The van der Waals surface area contributed by atoms with Gasteiger partial charge in [0, 0.05) is 18.2 Å². The number of ether oxygens (including phenoxy) is 8. The van der Waals surface area contributed by atoms with Gasteiger partial charge in [0.2, 0.25) is 6.79 Å². The maximum atomic E-state index is 13.2. The molecule has 0 bridgehead atoms. The van der Waals surface area contributed by atoms with Crippen LogP contribution in [0.3, 0.4) is 0 Å². The Morgan fingerprint density at radius 2 is 1.02 bits per heavy atom. The van der Waals surface area contributed by atoms with Gasteiger partial charge < -0.3 is 37.9 Å². The fourth-order valence-electron chi connectivity index (χ4n) is 3.82. The van der Waals surface area contributed by atoms with E-state index < -0.39 is 11.8 Å². The van der Waals surface area contributed by atoms with E-state index >= 15 is 0 Å². The van der Waals surface area contributed by atoms with Gasteiger partial charge in [0.05, 0.1) is 41.2 Å². The topological polar surface area (TPSA) is 125 Å². The summed E-state index contributed by atoms with van der Waals surface area (Å²) in [7, 11) is 4.54. The molecule has 0 aliphatic carbocycles. The van der Waals surface area contributed by atoms with E-state index in [0.29, 0.717) is 42.6 Å². The van der Waals surface area contributed by atoms with Crippen molar-refractivity contribution in [2.24, 2.45) is 0 Å². The van der Waals surface area contributed by atoms with Crippen LogP contribution < -0.4 is 23.7 Å². The van der Waals surface area contributed by atoms with Crippen LogP contribution in [0.4, 0.5) is 4.39 Å². The normalized spacial score (nSPS) is 11.2. The molecule has 0 spiro atoms. The van der Waals surface area contributed by atoms with Gasteiger partial charge in [-0.2, -0.15) is 0 Å². The number of benzene rings is 3. The van der Waals surface area contributed by atoms with Gasteiger partial charge in [-0.15, -0.1) is 0 Å². The van der Waals surface area contributed by atoms with Gasteiger partial charge in [-0.1, -0.05) is 18.2 Å². The lowest BCUT2D eigenvalue weighted by atomic mass is 10.2. The highest BCUT2D eigenvalue weighted by molar-refractivity contribution is 5.88. The first-order chi connectivity index (χ1) is 23.7. The summed E-state index contributed by atoms with van der Waals surface area (Å²) in [6.45, 7) is 6.58. The number of hydrogen-bond acceptors (Lipinski definition) is 11. The largest absolute Gasteiger partial charge is 0.494 e. The first kappa shape index (κ1) is 39.4. The van der Waals surface area contributed by atoms with E-state index in [4.69, 9.17) is 37.9 Å². The number of esters is 3. The summed E-state index contributed by atoms with van der Waals surface area (Å²) in [5, 5.41) is 0. The number of carbonyl (C=O) groups excluding carboxylic acids is 3. The minimum absolute atomic E-state index is 0.174. The lowest BCUT2D eigenvalue weighted by Gasteiger charge is -2.07. The Hall–Kier alpha value is -5.78. The molecule has 1 aliphatic heterocycles. The van der Waals surface area contributed by atoms with Crippen molar-refractivity contribution in [3.63, 3.8) is 0 Å². The van der Waals surface area contributed by atoms with Gasteiger partial charge in [0.15, 0.2) is 34.6 Å². The van der Waals surface area contributed by atoms with Crippen LogP contribution in [-0.4, -0.2) is 65.9 Å². The van der Waals surface area contributed by atoms with E-state index in [0.717, 1.165) is 16.9 Å². The molecule has 3 aromatic carbocycles. The van der Waals surface area contributed by atoms with E-state index in [9.17, 15) is 18.8 Å². The van der Waals surface area contributed by atoms with Gasteiger partial charge in [0.25, 0.3) is 0 Å². The lowest BCUT2D eigenvalue weighted by molar-refractivity contribution is -0.138. The standard InChI is InChI=1S/C13H16O4.C12H13FO3.C12H12O4/c1-4-17-13(14)8-6-10-5-7-11(15-2)12(9-10)16-3;1-3-16-12(14)7-5-9-4-6-11(15-2)10(13)8-9;1-2-14-12(13)6-4-9-3-5-10-11(7-9)16-8-15-10/h5-9H,4H2,1-3H3;4-8H,3H2,1-2H3;3-7H,2,8H2,1H3/b8-6+;7-5+;6-4+. The van der Waals surface area contributed by atoms with Crippen molar-refractivity contribution in [3.05, 3.63) is 95.3 Å². The fraction of sp³-hybridized carbons (Fsp3) is 0.270. The molecule has 0 saturated heterocycles. The van der Waals surface area contributed by atoms with Crippen LogP contribution in [0.5, 0.6) is 28.7 Å². The second-order valence-corrected chi connectivity index (χ2v) is 9.38. The van der Waals surface area contributed by atoms with Gasteiger partial charge in [-0.3, -0.25) is 0 Å². The SMILES string of the molecule is CCOC(=O)/C=C/c1ccc(OC)c(F)c1.CCOC(=O)/C=C/c1ccc(OC)c(OC)c1.CCOC(=O)/C=C/c1ccc2c(c1)OCO2. The quantitative estimate of drug-likeness (QED) is 0.116. The Labute approximate surface area is 285 Å². The van der Waals surface area contributed by atoms with Gasteiger partial charge in [-0.25, -0.2) is 18.8 Å². The van der Waals surface area contributed by atoms with Crippen LogP contribution in [0, 0.1) is 5.82 Å². The van der Waals surface area contributed by atoms with Crippen molar-refractivity contribution in [2.45, 2.75) is 20.8 Å². The summed E-state index contributed by atoms with van der Waals surface area (Å²) >= 11 is 0. The third kappa shape index (κ3) is 14.3. The van der Waals surface area contributed by atoms with Gasteiger partial charge >= 0.3 is 17.9 Å². The molecule has 1 heterocycles. The highest BCUT2D eigenvalue weighted by Gasteiger charge is 2.12. The van der Waals surface area contributed by atoms with Crippen LogP contribution in [0.1, 0.15) is 37.5 Å². The number of halogens is 1. The third-order valence-corrected chi connectivity index (χ3v) is 6.08. The highest BCUT2D eigenvalue weighted by Crippen LogP contribution is 2.33. The zero-order chi connectivity index (χ0) is 36.0. The van der Waals surface area contributed by atoms with Crippen molar-refractivity contribution >= 4 is 36.1 Å². The van der Waals surface area contributed by atoms with E-state index in [1.807, 2.05) is 24.3 Å². The third-order valence-electron chi connectivity index (χ3n) is 6.08. The Kier molecular flexibility index (Phi) is 17.6. The molecule has 0 N–H and O–H groups in total. The van der Waals surface area contributed by atoms with Crippen LogP contribution in [0.15, 0.2) is 72.8 Å². The summed E-state index contributed by atoms with van der Waals surface area (Å²) in [5.41, 5.74) is 2.29. The Morgan fingerprint density at radius 3 is 1.49 bits per heavy atom. The molecule has 0 amide bonds. The zero-order valence-electron chi connectivity index (χ0n) is 28.4. The van der Waals surface area contributed by atoms with Crippen molar-refractivity contribution in [1.29, 1.82) is 0 Å². The first-order valence-corrected chi connectivity index (χ1v) is 15.2. The minimum Gasteiger partial charge on any atom is -0.494 e. The lowest BCUT2D eigenvalue weighted by Crippen LogP contribution is -1.98. The highest BCUT2D eigenvalue weighted by atomic mass is 19.1. The van der Waals surface area contributed by atoms with Crippen molar-refractivity contribution in [1.82, 2.24) is 0 Å². The van der Waals surface area contributed by atoms with Crippen LogP contribution >= 0.6 is 0 Å². The molecule has 0 saturated carbocycles. The molecule has 49 heavy (non-hydrogen) atoms. The molecule has 0 unspecified atom stereocenters. The number of carbonyl (C=O) groups is 3. The van der Waals surface area contributed by atoms with Crippen molar-refractivity contribution < 1.29 is 56.7 Å². The molecule has 262 valence electrons. The Morgan fingerprint density at radius 1 is 0.592 bits per heavy atom. The number of methoxy groups -OCH3 is 3. The van der Waals surface area contributed by atoms with E-state index in [1.54, 1.807) is 65.3 Å². The average molecular weight is 681 g/mol. The van der Waals surface area contributed by atoms with E-state index in [2.05, 4.69) is 0 Å². The predicted molar refractivity (Wildman–Crippen MR) is 182 cm³/mol. The number of fused-ring (bicyclic) bond motifs is 1. The smallest absolute Gasteiger partial charge is 0.330 e. The molecular formula is C37H41FO11. The molecule has 1 aliphatic rings. The first-order valence-electron chi connectivity index (χ1n) is 15.2. The molecule has 3 aromatic rings. The molecule has 0 aromatic heterocycles. The number of rotatable bonds is 12. The van der Waals surface area contributed by atoms with Crippen LogP contribution in [0.25, 0.3) is 18.2 Å². The summed E-state index contributed by atoms with van der Waals surface area (Å²) in [6.07, 6.45) is 8.86. The molecule has 0 fully saturated rings. The maximum Gasteiger partial charge on any atom is 0.330 e. The Bertz CT molecular complexity index is 1610. The van der Waals surface area contributed by atoms with Gasteiger partial charge in [-0.05, 0) is 92.1 Å². The summed E-state index contributed by atoms with van der Waals surface area (Å²) < 4.78 is 52.9. The summed E-state index contributed by atoms with van der Waals surface area (Å²) in [6, 6.07) is 15.3. The van der Waals surface area contributed by atoms with Crippen molar-refractivity contribution in [3.8, 4) is 28.7 Å². The minimum atomic E-state index is -0.464. The monoisotopic (exact) mass is 680 g/mol. The average Bonchev–Trinajstić information content (AvgIpc) is 3.58. The zero-order valence-corrected chi connectivity index (χ0v) is 28.4. The van der Waals surface area contributed by atoms with Crippen LogP contribution in [0.2, 0.25) is 0 Å². The van der Waals surface area contributed by atoms with Crippen LogP contribution in [-0.2, 0) is 28.6 Å². The second-order valence-electron chi connectivity index (χ2n) is 9.38. The molecule has 0 radical (unpaired) electrons. The van der Waals surface area contributed by atoms with E-state index in [-0.39, 0.29) is 24.5 Å². The molecular weight excluding hydrogens is 639 g/mol. The van der Waals surface area contributed by atoms with Gasteiger partial charge in [0.1, 0.15) is 0 Å². The molecule has 4 rings (SSSR count). The number of hydrogen-bond donors (Lipinski definition) is 0. The molecule has 12 heteroatoms. The molecule has 11 nitrogen and oxygen atoms in total. The second kappa shape index (κ2) is 21.9. The Balaban J connectivity index is 0.000000255. The van der Waals surface area contributed by atoms with E-state index in [1.165, 1.54) is 43.5 Å². The predicted octanol–water partition coefficient (Wildman–Crippen LogP) is 6.68. The maximum absolute atomic E-state index is 13.2. The molecule has 0 atom stereocenters. The fourth-order valence-corrected chi connectivity index (χ4v) is 3.82. The summed E-state index contributed by atoms with van der Waals surface area (Å²) in [4.78, 5) is 33.2. The summed E-state index contributed by atoms with van der Waals surface area (Å²) in [5.74, 6) is 1.27.